The van der Waals surface area contributed by atoms with Crippen LogP contribution < -0.4 is 15.8 Å². The van der Waals surface area contributed by atoms with E-state index in [1.165, 1.54) is 5.56 Å². The number of pyridine rings is 1. The first-order valence-corrected chi connectivity index (χ1v) is 6.48. The Labute approximate surface area is 116 Å². The number of hydrogen-bond donors (Lipinski definition) is 2. The van der Waals surface area contributed by atoms with Gasteiger partial charge >= 0.3 is 0 Å². The second-order valence-corrected chi connectivity index (χ2v) is 4.66. The Bertz CT molecular complexity index is 638. The van der Waals surface area contributed by atoms with Crippen molar-refractivity contribution in [2.75, 3.05) is 11.9 Å². The van der Waals surface area contributed by atoms with Crippen LogP contribution in [-0.2, 0) is 13.0 Å². The molecule has 0 unspecified atom stereocenters. The Balaban J connectivity index is 1.65. The molecule has 1 aromatic carbocycles. The number of aromatic nitrogens is 1. The number of nitrogens with two attached hydrogens (primary N) is 1. The zero-order chi connectivity index (χ0) is 13.9. The third-order valence-electron chi connectivity index (χ3n) is 3.25. The van der Waals surface area contributed by atoms with E-state index < -0.39 is 5.91 Å². The second kappa shape index (κ2) is 5.21. The average Bonchev–Trinajstić information content (AvgIpc) is 2.93. The van der Waals surface area contributed by atoms with Crippen LogP contribution in [0.5, 0.6) is 5.75 Å². The highest BCUT2D eigenvalue weighted by Gasteiger charge is 2.11. The maximum atomic E-state index is 11.0. The molecule has 0 saturated heterocycles. The van der Waals surface area contributed by atoms with E-state index in [-0.39, 0.29) is 0 Å². The molecule has 0 atom stereocenters. The highest BCUT2D eigenvalue weighted by atomic mass is 16.5. The molecule has 1 aliphatic rings. The lowest BCUT2D eigenvalue weighted by molar-refractivity contribution is 0.100. The minimum absolute atomic E-state index is 0.394. The van der Waals surface area contributed by atoms with E-state index in [1.807, 2.05) is 6.07 Å². The van der Waals surface area contributed by atoms with Crippen molar-refractivity contribution in [1.82, 2.24) is 4.98 Å². The number of hydrogen-bond acceptors (Lipinski definition) is 4. The fourth-order valence-electron chi connectivity index (χ4n) is 2.15. The van der Waals surface area contributed by atoms with Gasteiger partial charge in [-0.15, -0.1) is 0 Å². The molecule has 0 saturated carbocycles. The first kappa shape index (κ1) is 12.5. The monoisotopic (exact) mass is 269 g/mol. The molecule has 0 radical (unpaired) electrons. The Morgan fingerprint density at radius 3 is 2.80 bits per heavy atom. The van der Waals surface area contributed by atoms with Gasteiger partial charge in [-0.3, -0.25) is 4.79 Å². The number of anilines is 1. The van der Waals surface area contributed by atoms with Crippen LogP contribution in [0.3, 0.4) is 0 Å². The van der Waals surface area contributed by atoms with Crippen LogP contribution in [0, 0.1) is 0 Å². The van der Waals surface area contributed by atoms with Gasteiger partial charge in [0.1, 0.15) is 18.2 Å². The quantitative estimate of drug-likeness (QED) is 0.886. The van der Waals surface area contributed by atoms with Crippen molar-refractivity contribution < 1.29 is 9.53 Å². The van der Waals surface area contributed by atoms with Gasteiger partial charge < -0.3 is 15.8 Å². The standard InChI is InChI=1S/C15H15N3O2/c16-14(19)10-2-5-13(6-3-10)20-9-12-4-1-11-7-8-17-15(11)18-12/h1-6H,7-9H2,(H2,16,19)(H,17,18). The van der Waals surface area contributed by atoms with Crippen LogP contribution in [0.25, 0.3) is 0 Å². The first-order chi connectivity index (χ1) is 9.72. The van der Waals surface area contributed by atoms with Crippen LogP contribution in [0.4, 0.5) is 5.82 Å². The molecule has 1 aromatic heterocycles. The number of benzene rings is 1. The number of nitrogens with zero attached hydrogens (tertiary/aromatic N) is 1. The van der Waals surface area contributed by atoms with Crippen LogP contribution >= 0.6 is 0 Å². The number of ether oxygens (including phenoxy) is 1. The van der Waals surface area contributed by atoms with Gasteiger partial charge in [0.05, 0.1) is 5.69 Å². The minimum Gasteiger partial charge on any atom is -0.487 e. The molecule has 1 aliphatic heterocycles. The van der Waals surface area contributed by atoms with Gasteiger partial charge in [0.2, 0.25) is 5.91 Å². The maximum absolute atomic E-state index is 11.0. The fraction of sp³-hybridized carbons (Fsp3) is 0.200. The number of primary amides is 1. The molecule has 2 aromatic rings. The lowest BCUT2D eigenvalue weighted by atomic mass is 10.2. The smallest absolute Gasteiger partial charge is 0.248 e. The number of rotatable bonds is 4. The minimum atomic E-state index is -0.442. The second-order valence-electron chi connectivity index (χ2n) is 4.66. The highest BCUT2D eigenvalue weighted by Crippen LogP contribution is 2.20. The lowest BCUT2D eigenvalue weighted by Crippen LogP contribution is -2.10. The number of amides is 1. The summed E-state index contributed by atoms with van der Waals surface area (Å²) < 4.78 is 5.64. The molecule has 2 heterocycles. The molecule has 102 valence electrons. The molecule has 0 aliphatic carbocycles. The molecule has 20 heavy (non-hydrogen) atoms. The molecule has 0 spiro atoms. The van der Waals surface area contributed by atoms with Gasteiger partial charge in [-0.1, -0.05) is 6.07 Å². The largest absolute Gasteiger partial charge is 0.487 e. The predicted octanol–water partition coefficient (Wildman–Crippen LogP) is 1.73. The lowest BCUT2D eigenvalue weighted by Gasteiger charge is -2.07. The number of fused-ring (bicyclic) bond motifs is 1. The predicted molar refractivity (Wildman–Crippen MR) is 75.7 cm³/mol. The Kier molecular flexibility index (Phi) is 3.25. The van der Waals surface area contributed by atoms with E-state index in [2.05, 4.69) is 16.4 Å². The van der Waals surface area contributed by atoms with Crippen molar-refractivity contribution in [2.45, 2.75) is 13.0 Å². The van der Waals surface area contributed by atoms with Crippen molar-refractivity contribution in [1.29, 1.82) is 0 Å². The summed E-state index contributed by atoms with van der Waals surface area (Å²) in [5, 5.41) is 3.24. The highest BCUT2D eigenvalue weighted by molar-refractivity contribution is 5.92. The Hall–Kier alpha value is -2.56. The molecule has 0 bridgehead atoms. The molecule has 0 fully saturated rings. The molecule has 1 amide bonds. The number of carbonyl (C=O) groups is 1. The maximum Gasteiger partial charge on any atom is 0.248 e. The SMILES string of the molecule is NC(=O)c1ccc(OCc2ccc3c(n2)NCC3)cc1. The van der Waals surface area contributed by atoms with Crippen molar-refractivity contribution in [3.05, 3.63) is 53.2 Å². The first-order valence-electron chi connectivity index (χ1n) is 6.48. The van der Waals surface area contributed by atoms with E-state index in [0.717, 1.165) is 24.5 Å². The topological polar surface area (TPSA) is 77.2 Å². The average molecular weight is 269 g/mol. The van der Waals surface area contributed by atoms with Gasteiger partial charge in [0.25, 0.3) is 0 Å². The molecule has 5 nitrogen and oxygen atoms in total. The van der Waals surface area contributed by atoms with E-state index in [4.69, 9.17) is 10.5 Å². The number of nitrogens with one attached hydrogen (secondary N) is 1. The third-order valence-corrected chi connectivity index (χ3v) is 3.25. The summed E-state index contributed by atoms with van der Waals surface area (Å²) in [6, 6.07) is 10.8. The van der Waals surface area contributed by atoms with Crippen molar-refractivity contribution in [3.8, 4) is 5.75 Å². The molecular weight excluding hydrogens is 254 g/mol. The zero-order valence-electron chi connectivity index (χ0n) is 10.9. The summed E-state index contributed by atoms with van der Waals surface area (Å²) in [5.74, 6) is 1.20. The summed E-state index contributed by atoms with van der Waals surface area (Å²) in [7, 11) is 0. The summed E-state index contributed by atoms with van der Waals surface area (Å²) in [6.45, 7) is 1.34. The summed E-state index contributed by atoms with van der Waals surface area (Å²) >= 11 is 0. The van der Waals surface area contributed by atoms with Crippen LogP contribution in [-0.4, -0.2) is 17.4 Å². The number of carbonyl (C=O) groups excluding carboxylic acids is 1. The van der Waals surface area contributed by atoms with Crippen molar-refractivity contribution >= 4 is 11.7 Å². The van der Waals surface area contributed by atoms with E-state index >= 15 is 0 Å². The molecule has 5 heteroatoms. The van der Waals surface area contributed by atoms with E-state index in [0.29, 0.717) is 17.9 Å². The van der Waals surface area contributed by atoms with Gasteiger partial charge in [-0.2, -0.15) is 0 Å². The summed E-state index contributed by atoms with van der Waals surface area (Å²) in [4.78, 5) is 15.5. The summed E-state index contributed by atoms with van der Waals surface area (Å²) in [6.07, 6.45) is 1.03. The molecule has 3 N–H and O–H groups in total. The Morgan fingerprint density at radius 1 is 1.25 bits per heavy atom. The molecule has 3 rings (SSSR count). The van der Waals surface area contributed by atoms with Crippen LogP contribution in [0.2, 0.25) is 0 Å². The van der Waals surface area contributed by atoms with Crippen LogP contribution in [0.15, 0.2) is 36.4 Å². The molecular formula is C15H15N3O2. The Morgan fingerprint density at radius 2 is 2.05 bits per heavy atom. The van der Waals surface area contributed by atoms with E-state index in [1.54, 1.807) is 24.3 Å². The normalized spacial score (nSPS) is 12.6. The fourth-order valence-corrected chi connectivity index (χ4v) is 2.15. The van der Waals surface area contributed by atoms with E-state index in [9.17, 15) is 4.79 Å². The van der Waals surface area contributed by atoms with Crippen molar-refractivity contribution in [3.63, 3.8) is 0 Å². The van der Waals surface area contributed by atoms with Gasteiger partial charge in [0.15, 0.2) is 0 Å². The van der Waals surface area contributed by atoms with Gasteiger partial charge in [-0.25, -0.2) is 4.98 Å². The van der Waals surface area contributed by atoms with Crippen LogP contribution in [0.1, 0.15) is 21.6 Å². The van der Waals surface area contributed by atoms with Gasteiger partial charge in [-0.05, 0) is 42.3 Å². The van der Waals surface area contributed by atoms with Crippen molar-refractivity contribution in [2.24, 2.45) is 5.73 Å². The third kappa shape index (κ3) is 2.56. The van der Waals surface area contributed by atoms with Gasteiger partial charge in [0, 0.05) is 12.1 Å². The zero-order valence-corrected chi connectivity index (χ0v) is 10.9. The summed E-state index contributed by atoms with van der Waals surface area (Å²) in [5.41, 5.74) is 7.78.